The molecule has 17 heavy (non-hydrogen) atoms. The molecule has 0 spiro atoms. The molecule has 0 saturated carbocycles. The number of para-hydroxylation sites is 1. The molecule has 1 fully saturated rings. The summed E-state index contributed by atoms with van der Waals surface area (Å²) in [6.45, 7) is 4.11. The Kier molecular flexibility index (Phi) is 4.05. The van der Waals surface area contributed by atoms with Crippen LogP contribution in [0.2, 0.25) is 0 Å². The molecule has 1 aromatic carbocycles. The van der Waals surface area contributed by atoms with Crippen LogP contribution in [0.15, 0.2) is 22.7 Å². The van der Waals surface area contributed by atoms with Crippen molar-refractivity contribution in [3.8, 4) is 0 Å². The van der Waals surface area contributed by atoms with Gasteiger partial charge in [0, 0.05) is 10.5 Å². The van der Waals surface area contributed by atoms with Gasteiger partial charge in [0.1, 0.15) is 5.82 Å². The lowest BCUT2D eigenvalue weighted by Crippen LogP contribution is -2.37. The summed E-state index contributed by atoms with van der Waals surface area (Å²) in [6.07, 6.45) is 2.26. The van der Waals surface area contributed by atoms with E-state index in [2.05, 4.69) is 35.1 Å². The molecule has 0 radical (unpaired) electrons. The quantitative estimate of drug-likeness (QED) is 0.893. The predicted octanol–water partition coefficient (Wildman–Crippen LogP) is 3.96. The van der Waals surface area contributed by atoms with Gasteiger partial charge < -0.3 is 10.1 Å². The molecular formula is C13H17BrFNO. The zero-order valence-electron chi connectivity index (χ0n) is 10.0. The van der Waals surface area contributed by atoms with Gasteiger partial charge in [0.05, 0.1) is 17.9 Å². The molecule has 0 amide bonds. The third kappa shape index (κ3) is 3.19. The van der Waals surface area contributed by atoms with E-state index in [1.54, 1.807) is 6.07 Å². The van der Waals surface area contributed by atoms with Crippen LogP contribution in [0.5, 0.6) is 0 Å². The summed E-state index contributed by atoms with van der Waals surface area (Å²) in [5, 5.41) is 3.28. The second-order valence-electron chi connectivity index (χ2n) is 4.67. The summed E-state index contributed by atoms with van der Waals surface area (Å²) in [5.41, 5.74) is 0.554. The fourth-order valence-corrected chi connectivity index (χ4v) is 2.82. The number of halogens is 2. The van der Waals surface area contributed by atoms with E-state index in [0.717, 1.165) is 17.3 Å². The lowest BCUT2D eigenvalue weighted by Gasteiger charge is -2.33. The summed E-state index contributed by atoms with van der Waals surface area (Å²) in [4.78, 5) is 0. The highest BCUT2D eigenvalue weighted by atomic mass is 79.9. The SMILES string of the molecule is CC1CC(Nc2c(F)cccc2Br)CC(C)O1. The summed E-state index contributed by atoms with van der Waals surface area (Å²) < 4.78 is 20.1. The second-order valence-corrected chi connectivity index (χ2v) is 5.52. The molecule has 1 aliphatic heterocycles. The molecule has 2 rings (SSSR count). The minimum absolute atomic E-state index is 0.217. The van der Waals surface area contributed by atoms with Crippen molar-refractivity contribution in [1.82, 2.24) is 0 Å². The molecule has 0 aromatic heterocycles. The fraction of sp³-hybridized carbons (Fsp3) is 0.538. The van der Waals surface area contributed by atoms with Crippen LogP contribution in [0.1, 0.15) is 26.7 Å². The van der Waals surface area contributed by atoms with Gasteiger partial charge in [-0.3, -0.25) is 0 Å². The number of hydrogen-bond acceptors (Lipinski definition) is 2. The molecule has 1 aromatic rings. The monoisotopic (exact) mass is 301 g/mol. The zero-order valence-corrected chi connectivity index (χ0v) is 11.6. The third-order valence-corrected chi connectivity index (χ3v) is 3.67. The minimum atomic E-state index is -0.217. The number of nitrogens with one attached hydrogen (secondary N) is 1. The third-order valence-electron chi connectivity index (χ3n) is 3.01. The maximum Gasteiger partial charge on any atom is 0.147 e. The van der Waals surface area contributed by atoms with Gasteiger partial charge in [-0.2, -0.15) is 0 Å². The summed E-state index contributed by atoms with van der Waals surface area (Å²) in [7, 11) is 0. The van der Waals surface area contributed by atoms with Crippen molar-refractivity contribution in [3.63, 3.8) is 0 Å². The van der Waals surface area contributed by atoms with Crippen molar-refractivity contribution in [2.45, 2.75) is 44.9 Å². The first-order valence-electron chi connectivity index (χ1n) is 5.92. The molecule has 1 aliphatic rings. The molecule has 0 aliphatic carbocycles. The average molecular weight is 302 g/mol. The van der Waals surface area contributed by atoms with Crippen LogP contribution in [0.4, 0.5) is 10.1 Å². The molecule has 1 heterocycles. The van der Waals surface area contributed by atoms with Gasteiger partial charge in [0.25, 0.3) is 0 Å². The standard InChI is InChI=1S/C13H17BrFNO/c1-8-6-10(7-9(2)17-8)16-13-11(14)4-3-5-12(13)15/h3-5,8-10,16H,6-7H2,1-2H3. The van der Waals surface area contributed by atoms with E-state index >= 15 is 0 Å². The lowest BCUT2D eigenvalue weighted by atomic mass is 9.99. The first kappa shape index (κ1) is 12.8. The summed E-state index contributed by atoms with van der Waals surface area (Å²) in [6, 6.07) is 5.28. The van der Waals surface area contributed by atoms with Gasteiger partial charge in [0.15, 0.2) is 0 Å². The predicted molar refractivity (Wildman–Crippen MR) is 70.8 cm³/mol. The Balaban J connectivity index is 2.10. The van der Waals surface area contributed by atoms with Gasteiger partial charge in [-0.1, -0.05) is 6.07 Å². The maximum absolute atomic E-state index is 13.7. The largest absolute Gasteiger partial charge is 0.379 e. The molecule has 2 nitrogen and oxygen atoms in total. The Hall–Kier alpha value is -0.610. The first-order chi connectivity index (χ1) is 8.06. The van der Waals surface area contributed by atoms with E-state index in [1.165, 1.54) is 6.07 Å². The zero-order chi connectivity index (χ0) is 12.4. The minimum Gasteiger partial charge on any atom is -0.379 e. The Morgan fingerprint density at radius 3 is 2.53 bits per heavy atom. The van der Waals surface area contributed by atoms with E-state index in [4.69, 9.17) is 4.74 Å². The van der Waals surface area contributed by atoms with Crippen LogP contribution >= 0.6 is 15.9 Å². The van der Waals surface area contributed by atoms with Crippen molar-refractivity contribution in [2.75, 3.05) is 5.32 Å². The van der Waals surface area contributed by atoms with Gasteiger partial charge in [0.2, 0.25) is 0 Å². The number of rotatable bonds is 2. The maximum atomic E-state index is 13.7. The Morgan fingerprint density at radius 2 is 1.94 bits per heavy atom. The van der Waals surface area contributed by atoms with E-state index in [0.29, 0.717) is 5.69 Å². The molecule has 1 N–H and O–H groups in total. The number of ether oxygens (including phenoxy) is 1. The number of hydrogen-bond donors (Lipinski definition) is 1. The normalized spacial score (nSPS) is 29.1. The van der Waals surface area contributed by atoms with E-state index in [1.807, 2.05) is 6.07 Å². The first-order valence-corrected chi connectivity index (χ1v) is 6.71. The molecule has 94 valence electrons. The van der Waals surface area contributed by atoms with Gasteiger partial charge in [-0.05, 0) is 54.8 Å². The van der Waals surface area contributed by atoms with Crippen LogP contribution in [-0.2, 0) is 4.74 Å². The van der Waals surface area contributed by atoms with Crippen molar-refractivity contribution in [3.05, 3.63) is 28.5 Å². The lowest BCUT2D eigenvalue weighted by molar-refractivity contribution is -0.0338. The van der Waals surface area contributed by atoms with Crippen molar-refractivity contribution in [1.29, 1.82) is 0 Å². The van der Waals surface area contributed by atoms with Crippen LogP contribution in [0, 0.1) is 5.82 Å². The summed E-state index contributed by atoms with van der Waals surface area (Å²) >= 11 is 3.37. The molecule has 1 saturated heterocycles. The van der Waals surface area contributed by atoms with E-state index in [-0.39, 0.29) is 24.1 Å². The molecule has 4 heteroatoms. The molecule has 0 bridgehead atoms. The van der Waals surface area contributed by atoms with E-state index < -0.39 is 0 Å². The van der Waals surface area contributed by atoms with Gasteiger partial charge >= 0.3 is 0 Å². The van der Waals surface area contributed by atoms with Crippen LogP contribution < -0.4 is 5.32 Å². The highest BCUT2D eigenvalue weighted by Crippen LogP contribution is 2.29. The highest BCUT2D eigenvalue weighted by molar-refractivity contribution is 9.10. The Morgan fingerprint density at radius 1 is 1.29 bits per heavy atom. The topological polar surface area (TPSA) is 21.3 Å². The summed E-state index contributed by atoms with van der Waals surface area (Å²) in [5.74, 6) is -0.217. The second kappa shape index (κ2) is 5.36. The highest BCUT2D eigenvalue weighted by Gasteiger charge is 2.25. The van der Waals surface area contributed by atoms with Crippen molar-refractivity contribution in [2.24, 2.45) is 0 Å². The van der Waals surface area contributed by atoms with Crippen LogP contribution in [0.25, 0.3) is 0 Å². The fourth-order valence-electron chi connectivity index (χ4n) is 2.36. The van der Waals surface area contributed by atoms with Crippen LogP contribution in [-0.4, -0.2) is 18.2 Å². The van der Waals surface area contributed by atoms with E-state index in [9.17, 15) is 4.39 Å². The van der Waals surface area contributed by atoms with Gasteiger partial charge in [-0.25, -0.2) is 4.39 Å². The number of benzene rings is 1. The Labute approximate surface area is 110 Å². The van der Waals surface area contributed by atoms with Gasteiger partial charge in [-0.15, -0.1) is 0 Å². The molecule has 2 atom stereocenters. The average Bonchev–Trinajstić information content (AvgIpc) is 2.22. The molecular weight excluding hydrogens is 285 g/mol. The number of anilines is 1. The molecule has 2 unspecified atom stereocenters. The van der Waals surface area contributed by atoms with Crippen LogP contribution in [0.3, 0.4) is 0 Å². The smallest absolute Gasteiger partial charge is 0.147 e. The van der Waals surface area contributed by atoms with Crippen molar-refractivity contribution < 1.29 is 9.13 Å². The Bertz CT molecular complexity index is 369. The van der Waals surface area contributed by atoms with Crippen molar-refractivity contribution >= 4 is 21.6 Å².